The van der Waals surface area contributed by atoms with E-state index in [4.69, 9.17) is 0 Å². The molecule has 5 nitrogen and oxygen atoms in total. The maximum Gasteiger partial charge on any atom is 0.229 e. The third-order valence-corrected chi connectivity index (χ3v) is 9.14. The minimum atomic E-state index is -0.252. The molecule has 0 aromatic heterocycles. The zero-order chi connectivity index (χ0) is 24.4. The average Bonchev–Trinajstić information content (AvgIpc) is 3.48. The molecule has 0 aliphatic carbocycles. The van der Waals surface area contributed by atoms with Crippen LogP contribution in [0.4, 0.5) is 0 Å². The number of hydrogen-bond acceptors (Lipinski definition) is 4. The first-order chi connectivity index (χ1) is 17.0. The highest BCUT2D eigenvalue weighted by Gasteiger charge is 2.50. The van der Waals surface area contributed by atoms with Crippen molar-refractivity contribution in [3.63, 3.8) is 0 Å². The lowest BCUT2D eigenvalue weighted by molar-refractivity contribution is -0.140. The summed E-state index contributed by atoms with van der Waals surface area (Å²) in [6.07, 6.45) is 3.20. The maximum atomic E-state index is 13.5. The number of ketones is 1. The van der Waals surface area contributed by atoms with Gasteiger partial charge in [0.05, 0.1) is 11.5 Å². The van der Waals surface area contributed by atoms with E-state index in [2.05, 4.69) is 68.6 Å². The fourth-order valence-electron chi connectivity index (χ4n) is 6.57. The van der Waals surface area contributed by atoms with Crippen LogP contribution in [0.15, 0.2) is 59.1 Å². The number of carbonyl (C=O) groups excluding carboxylic acids is 2. The summed E-state index contributed by atoms with van der Waals surface area (Å²) in [5.41, 5.74) is 2.24. The van der Waals surface area contributed by atoms with Gasteiger partial charge in [-0.3, -0.25) is 14.5 Å². The summed E-state index contributed by atoms with van der Waals surface area (Å²) >= 11 is 3.49. The molecule has 1 amide bonds. The van der Waals surface area contributed by atoms with Crippen LogP contribution in [0.3, 0.4) is 0 Å². The highest BCUT2D eigenvalue weighted by molar-refractivity contribution is 9.10. The Bertz CT molecular complexity index is 1030. The highest BCUT2D eigenvalue weighted by atomic mass is 79.9. The maximum absolute atomic E-state index is 13.5. The molecule has 5 rings (SSSR count). The molecule has 0 radical (unpaired) electrons. The Morgan fingerprint density at radius 2 is 1.71 bits per heavy atom. The average molecular weight is 539 g/mol. The third-order valence-electron chi connectivity index (χ3n) is 8.61. The van der Waals surface area contributed by atoms with E-state index in [1.54, 1.807) is 0 Å². The molecular weight excluding hydrogens is 502 g/mol. The van der Waals surface area contributed by atoms with Crippen LogP contribution in [-0.4, -0.2) is 60.3 Å². The summed E-state index contributed by atoms with van der Waals surface area (Å²) in [4.78, 5) is 31.3. The number of Topliss-reactive ketones (excluding diaryl/α,β-unsaturated/α-hetero) is 1. The molecule has 3 saturated heterocycles. The van der Waals surface area contributed by atoms with Gasteiger partial charge < -0.3 is 10.2 Å². The monoisotopic (exact) mass is 537 g/mol. The first-order valence-electron chi connectivity index (χ1n) is 13.1. The second-order valence-corrected chi connectivity index (χ2v) is 11.4. The van der Waals surface area contributed by atoms with Crippen molar-refractivity contribution in [2.75, 3.05) is 32.7 Å². The van der Waals surface area contributed by atoms with Gasteiger partial charge in [0.25, 0.3) is 0 Å². The van der Waals surface area contributed by atoms with Crippen LogP contribution in [-0.2, 0) is 16.1 Å². The molecule has 3 fully saturated rings. The molecule has 3 heterocycles. The van der Waals surface area contributed by atoms with Gasteiger partial charge in [-0.15, -0.1) is 0 Å². The molecule has 35 heavy (non-hydrogen) atoms. The fourth-order valence-corrected chi connectivity index (χ4v) is 6.83. The van der Waals surface area contributed by atoms with Gasteiger partial charge in [0.1, 0.15) is 5.78 Å². The van der Waals surface area contributed by atoms with Gasteiger partial charge in [-0.2, -0.15) is 0 Å². The van der Waals surface area contributed by atoms with E-state index in [1.807, 2.05) is 24.0 Å². The van der Waals surface area contributed by atoms with Gasteiger partial charge in [0, 0.05) is 48.9 Å². The molecule has 3 atom stereocenters. The predicted molar refractivity (Wildman–Crippen MR) is 142 cm³/mol. The quantitative estimate of drug-likeness (QED) is 0.560. The topological polar surface area (TPSA) is 52.7 Å². The van der Waals surface area contributed by atoms with E-state index < -0.39 is 0 Å². The number of hydrogen-bond donors (Lipinski definition) is 1. The zero-order valence-electron chi connectivity index (χ0n) is 20.6. The molecule has 2 aromatic rings. The largest absolute Gasteiger partial charge is 0.338 e. The van der Waals surface area contributed by atoms with Gasteiger partial charge in [0.15, 0.2) is 0 Å². The van der Waals surface area contributed by atoms with Crippen LogP contribution in [0.5, 0.6) is 0 Å². The number of amides is 1. The Balaban J connectivity index is 1.27. The Hall–Kier alpha value is -2.02. The van der Waals surface area contributed by atoms with Gasteiger partial charge in [-0.25, -0.2) is 0 Å². The Morgan fingerprint density at radius 3 is 2.40 bits per heavy atom. The molecule has 6 heteroatoms. The number of piperidine rings is 1. The van der Waals surface area contributed by atoms with E-state index in [1.165, 1.54) is 11.1 Å². The second kappa shape index (κ2) is 10.5. The lowest BCUT2D eigenvalue weighted by Crippen LogP contribution is -2.54. The molecule has 3 aliphatic rings. The van der Waals surface area contributed by atoms with Gasteiger partial charge in [-0.1, -0.05) is 65.3 Å². The molecule has 1 unspecified atom stereocenters. The van der Waals surface area contributed by atoms with Crippen molar-refractivity contribution >= 4 is 27.6 Å². The Morgan fingerprint density at radius 1 is 1.03 bits per heavy atom. The van der Waals surface area contributed by atoms with E-state index in [9.17, 15) is 9.59 Å². The molecule has 0 bridgehead atoms. The number of nitrogens with zero attached hydrogens (tertiary/aromatic N) is 2. The van der Waals surface area contributed by atoms with Crippen molar-refractivity contribution in [1.29, 1.82) is 0 Å². The second-order valence-electron chi connectivity index (χ2n) is 10.5. The Kier molecular flexibility index (Phi) is 7.42. The van der Waals surface area contributed by atoms with Crippen molar-refractivity contribution in [3.05, 3.63) is 70.2 Å². The fraction of sp³-hybridized carbons (Fsp3) is 0.517. The van der Waals surface area contributed by atoms with Crippen molar-refractivity contribution in [1.82, 2.24) is 15.1 Å². The smallest absolute Gasteiger partial charge is 0.229 e. The van der Waals surface area contributed by atoms with Gasteiger partial charge in [0.2, 0.25) is 5.91 Å². The summed E-state index contributed by atoms with van der Waals surface area (Å²) < 4.78 is 1.06. The van der Waals surface area contributed by atoms with Crippen LogP contribution in [0, 0.1) is 11.3 Å². The summed E-state index contributed by atoms with van der Waals surface area (Å²) in [5, 5.41) is 3.56. The lowest BCUT2D eigenvalue weighted by Gasteiger charge is -2.43. The number of rotatable bonds is 7. The molecule has 1 N–H and O–H groups in total. The molecule has 1 spiro atoms. The molecule has 2 aromatic carbocycles. The highest BCUT2D eigenvalue weighted by Crippen LogP contribution is 2.44. The molecule has 3 aliphatic heterocycles. The predicted octanol–water partition coefficient (Wildman–Crippen LogP) is 4.61. The van der Waals surface area contributed by atoms with E-state index in [0.29, 0.717) is 30.6 Å². The summed E-state index contributed by atoms with van der Waals surface area (Å²) in [5.74, 6) is 1.27. The summed E-state index contributed by atoms with van der Waals surface area (Å²) in [6, 6.07) is 18.8. The summed E-state index contributed by atoms with van der Waals surface area (Å²) in [6.45, 7) is 6.94. The van der Waals surface area contributed by atoms with E-state index in [0.717, 1.165) is 56.5 Å². The van der Waals surface area contributed by atoms with Crippen molar-refractivity contribution in [3.8, 4) is 0 Å². The SMILES string of the molecule is CCC(=O)C([C@@H]1CNC[C@@H]1c1ccccc1)N1CCC2(CCN(Cc3ccc(Br)cc3)C2=O)CC1. The minimum Gasteiger partial charge on any atom is -0.338 e. The van der Waals surface area contributed by atoms with Crippen molar-refractivity contribution in [2.45, 2.75) is 51.1 Å². The van der Waals surface area contributed by atoms with Gasteiger partial charge in [-0.05, 0) is 55.6 Å². The van der Waals surface area contributed by atoms with E-state index in [-0.39, 0.29) is 17.4 Å². The summed E-state index contributed by atoms with van der Waals surface area (Å²) in [7, 11) is 0. The van der Waals surface area contributed by atoms with Crippen LogP contribution < -0.4 is 5.32 Å². The third kappa shape index (κ3) is 4.98. The molecule has 186 valence electrons. The van der Waals surface area contributed by atoms with Crippen molar-refractivity contribution in [2.24, 2.45) is 11.3 Å². The van der Waals surface area contributed by atoms with Crippen molar-refractivity contribution < 1.29 is 9.59 Å². The normalized spacial score (nSPS) is 25.3. The van der Waals surface area contributed by atoms with E-state index >= 15 is 0 Å². The first kappa shape index (κ1) is 24.7. The number of benzene rings is 2. The number of carbonyl (C=O) groups is 2. The Labute approximate surface area is 217 Å². The minimum absolute atomic E-state index is 0.0760. The number of nitrogens with one attached hydrogen (secondary N) is 1. The molecule has 0 saturated carbocycles. The lowest BCUT2D eigenvalue weighted by atomic mass is 9.75. The first-order valence-corrected chi connectivity index (χ1v) is 13.9. The van der Waals surface area contributed by atoms with Gasteiger partial charge >= 0.3 is 0 Å². The molecular formula is C29H36BrN3O2. The van der Waals surface area contributed by atoms with Crippen LogP contribution in [0.1, 0.15) is 49.7 Å². The standard InChI is InChI=1S/C29H36BrN3O2/c1-2-26(34)27(25-19-31-18-24(25)22-6-4-3-5-7-22)32-15-12-29(13-16-32)14-17-33(28(29)35)20-21-8-10-23(30)11-9-21/h3-11,24-25,27,31H,2,12-20H2,1H3/t24-,25-,27?/m1/s1. The van der Waals surface area contributed by atoms with Crippen LogP contribution >= 0.6 is 15.9 Å². The number of likely N-dealkylation sites (tertiary alicyclic amines) is 2. The number of halogens is 1. The zero-order valence-corrected chi connectivity index (χ0v) is 22.2. The van der Waals surface area contributed by atoms with Crippen LogP contribution in [0.25, 0.3) is 0 Å². The van der Waals surface area contributed by atoms with Crippen LogP contribution in [0.2, 0.25) is 0 Å².